The molecule has 0 heterocycles. The third kappa shape index (κ3) is 3.97. The average Bonchev–Trinajstić information content (AvgIpc) is 2.38. The number of halogens is 3. The summed E-state index contributed by atoms with van der Waals surface area (Å²) in [5.41, 5.74) is 0.0670. The minimum Gasteiger partial charge on any atom is -0.268 e. The highest BCUT2D eigenvalue weighted by molar-refractivity contribution is 9.10. The predicted molar refractivity (Wildman–Crippen MR) is 85.3 cm³/mol. The Bertz CT molecular complexity index is 792. The van der Waals surface area contributed by atoms with Gasteiger partial charge < -0.3 is 0 Å². The summed E-state index contributed by atoms with van der Waals surface area (Å²) in [6.07, 6.45) is 0. The number of hydrogen-bond acceptors (Lipinski definition) is 3. The van der Waals surface area contributed by atoms with Crippen LogP contribution in [-0.4, -0.2) is 14.3 Å². The van der Waals surface area contributed by atoms with E-state index in [4.69, 9.17) is 23.2 Å². The lowest BCUT2D eigenvalue weighted by Gasteiger charge is -2.08. The second-order valence-corrected chi connectivity index (χ2v) is 7.45. The Morgan fingerprint density at radius 2 is 1.67 bits per heavy atom. The third-order valence-corrected chi connectivity index (χ3v) is 4.93. The van der Waals surface area contributed by atoms with Crippen LogP contribution < -0.4 is 4.72 Å². The van der Waals surface area contributed by atoms with Crippen LogP contribution in [-0.2, 0) is 10.0 Å². The first-order valence-corrected chi connectivity index (χ1v) is 8.60. The van der Waals surface area contributed by atoms with Gasteiger partial charge >= 0.3 is 0 Å². The molecular weight excluding hydrogens is 401 g/mol. The third-order valence-electron chi connectivity index (χ3n) is 2.53. The lowest BCUT2D eigenvalue weighted by molar-refractivity contribution is 0.0981. The van der Waals surface area contributed by atoms with Crippen LogP contribution >= 0.6 is 39.1 Å². The minimum absolute atomic E-state index is 0.0616. The Labute approximate surface area is 140 Å². The molecule has 0 bridgehead atoms. The van der Waals surface area contributed by atoms with E-state index in [1.807, 2.05) is 4.72 Å². The van der Waals surface area contributed by atoms with Crippen LogP contribution in [0.2, 0.25) is 10.0 Å². The van der Waals surface area contributed by atoms with Crippen molar-refractivity contribution in [3.05, 3.63) is 62.5 Å². The van der Waals surface area contributed by atoms with E-state index in [-0.39, 0.29) is 15.5 Å². The van der Waals surface area contributed by atoms with Crippen LogP contribution in [0.15, 0.2) is 51.8 Å². The summed E-state index contributed by atoms with van der Waals surface area (Å²) in [5.74, 6) is -0.803. The SMILES string of the molecule is O=C(NS(=O)(=O)c1ccc(Cl)cc1)c1ccc(Br)cc1Cl. The van der Waals surface area contributed by atoms with E-state index in [0.29, 0.717) is 9.50 Å². The molecule has 2 aromatic carbocycles. The van der Waals surface area contributed by atoms with Crippen LogP contribution in [0.3, 0.4) is 0 Å². The van der Waals surface area contributed by atoms with Gasteiger partial charge in [-0.05, 0) is 42.5 Å². The number of benzene rings is 2. The van der Waals surface area contributed by atoms with Gasteiger partial charge in [0.2, 0.25) is 0 Å². The molecule has 2 aromatic rings. The van der Waals surface area contributed by atoms with Crippen LogP contribution in [0.4, 0.5) is 0 Å². The zero-order valence-electron chi connectivity index (χ0n) is 10.3. The molecular formula is C13H8BrCl2NO3S. The molecule has 0 saturated heterocycles. The lowest BCUT2D eigenvalue weighted by Crippen LogP contribution is -2.30. The van der Waals surface area contributed by atoms with Gasteiger partial charge in [-0.2, -0.15) is 0 Å². The standard InChI is InChI=1S/C13H8BrCl2NO3S/c14-8-1-6-11(12(16)7-8)13(18)17-21(19,20)10-4-2-9(15)3-5-10/h1-7H,(H,17,18). The Hall–Kier alpha value is -1.08. The van der Waals surface area contributed by atoms with Gasteiger partial charge in [-0.15, -0.1) is 0 Å². The number of nitrogens with one attached hydrogen (secondary N) is 1. The van der Waals surface area contributed by atoms with Crippen molar-refractivity contribution in [3.63, 3.8) is 0 Å². The normalized spacial score (nSPS) is 11.2. The zero-order chi connectivity index (χ0) is 15.6. The molecule has 0 saturated carbocycles. The summed E-state index contributed by atoms with van der Waals surface area (Å²) in [4.78, 5) is 12.0. The maximum absolute atomic E-state index is 12.1. The van der Waals surface area contributed by atoms with Crippen molar-refractivity contribution < 1.29 is 13.2 Å². The summed E-state index contributed by atoms with van der Waals surface area (Å²) >= 11 is 14.8. The van der Waals surface area contributed by atoms with Crippen molar-refractivity contribution in [2.75, 3.05) is 0 Å². The molecule has 0 atom stereocenters. The van der Waals surface area contributed by atoms with Gasteiger partial charge in [-0.25, -0.2) is 13.1 Å². The molecule has 21 heavy (non-hydrogen) atoms. The molecule has 8 heteroatoms. The Morgan fingerprint density at radius 3 is 2.24 bits per heavy atom. The van der Waals surface area contributed by atoms with Crippen molar-refractivity contribution >= 4 is 55.1 Å². The first-order chi connectivity index (χ1) is 9.79. The summed E-state index contributed by atoms with van der Waals surface area (Å²) in [6.45, 7) is 0. The van der Waals surface area contributed by atoms with E-state index < -0.39 is 15.9 Å². The fraction of sp³-hybridized carbons (Fsp3) is 0. The summed E-state index contributed by atoms with van der Waals surface area (Å²) in [5, 5.41) is 0.546. The molecule has 0 aromatic heterocycles. The van der Waals surface area contributed by atoms with Crippen LogP contribution in [0.5, 0.6) is 0 Å². The topological polar surface area (TPSA) is 63.2 Å². The molecule has 0 aliphatic carbocycles. The largest absolute Gasteiger partial charge is 0.268 e. The van der Waals surface area contributed by atoms with Gasteiger partial charge in [-0.3, -0.25) is 4.79 Å². The quantitative estimate of drug-likeness (QED) is 0.838. The number of carbonyl (C=O) groups excluding carboxylic acids is 1. The highest BCUT2D eigenvalue weighted by atomic mass is 79.9. The van der Waals surface area contributed by atoms with Gasteiger partial charge in [0.1, 0.15) is 0 Å². The molecule has 0 unspecified atom stereocenters. The molecule has 0 fully saturated rings. The smallest absolute Gasteiger partial charge is 0.266 e. The van der Waals surface area contributed by atoms with Crippen LogP contribution in [0, 0.1) is 0 Å². The van der Waals surface area contributed by atoms with Gasteiger partial charge in [-0.1, -0.05) is 39.1 Å². The highest BCUT2D eigenvalue weighted by Crippen LogP contribution is 2.22. The Balaban J connectivity index is 2.28. The first kappa shape index (κ1) is 16.3. The fourth-order valence-electron chi connectivity index (χ4n) is 1.52. The van der Waals surface area contributed by atoms with E-state index >= 15 is 0 Å². The summed E-state index contributed by atoms with van der Waals surface area (Å²) in [6, 6.07) is 9.99. The van der Waals surface area contributed by atoms with E-state index in [0.717, 1.165) is 0 Å². The highest BCUT2D eigenvalue weighted by Gasteiger charge is 2.20. The van der Waals surface area contributed by atoms with Crippen molar-refractivity contribution in [2.24, 2.45) is 0 Å². The number of amides is 1. The molecule has 1 amide bonds. The zero-order valence-corrected chi connectivity index (χ0v) is 14.2. The maximum Gasteiger partial charge on any atom is 0.266 e. The molecule has 0 spiro atoms. The average molecular weight is 409 g/mol. The van der Waals surface area contributed by atoms with E-state index in [9.17, 15) is 13.2 Å². The second-order valence-electron chi connectivity index (χ2n) is 4.01. The van der Waals surface area contributed by atoms with Crippen LogP contribution in [0.25, 0.3) is 0 Å². The van der Waals surface area contributed by atoms with Gasteiger partial charge in [0.05, 0.1) is 15.5 Å². The predicted octanol–water partition coefficient (Wildman–Crippen LogP) is 3.87. The van der Waals surface area contributed by atoms with E-state index in [2.05, 4.69) is 15.9 Å². The number of carbonyl (C=O) groups is 1. The van der Waals surface area contributed by atoms with Gasteiger partial charge in [0.25, 0.3) is 15.9 Å². The van der Waals surface area contributed by atoms with Gasteiger partial charge in [0.15, 0.2) is 0 Å². The van der Waals surface area contributed by atoms with Crippen molar-refractivity contribution in [2.45, 2.75) is 4.90 Å². The molecule has 0 aliphatic rings. The molecule has 0 radical (unpaired) electrons. The van der Waals surface area contributed by atoms with Crippen molar-refractivity contribution in [1.29, 1.82) is 0 Å². The molecule has 110 valence electrons. The first-order valence-electron chi connectivity index (χ1n) is 5.57. The maximum atomic E-state index is 12.1. The van der Waals surface area contributed by atoms with Crippen molar-refractivity contribution in [3.8, 4) is 0 Å². The number of rotatable bonds is 3. The summed E-state index contributed by atoms with van der Waals surface area (Å²) in [7, 11) is -3.98. The molecule has 1 N–H and O–H groups in total. The molecule has 4 nitrogen and oxygen atoms in total. The number of hydrogen-bond donors (Lipinski definition) is 1. The van der Waals surface area contributed by atoms with Gasteiger partial charge in [0, 0.05) is 9.50 Å². The Morgan fingerprint density at radius 1 is 1.05 bits per heavy atom. The molecule has 2 rings (SSSR count). The number of sulfonamides is 1. The second kappa shape index (κ2) is 6.36. The summed E-state index contributed by atoms with van der Waals surface area (Å²) < 4.78 is 26.8. The fourth-order valence-corrected chi connectivity index (χ4v) is 3.37. The van der Waals surface area contributed by atoms with Crippen molar-refractivity contribution in [1.82, 2.24) is 4.72 Å². The van der Waals surface area contributed by atoms with Crippen LogP contribution in [0.1, 0.15) is 10.4 Å². The Kier molecular flexibility index (Phi) is 4.93. The van der Waals surface area contributed by atoms with E-state index in [1.54, 1.807) is 6.07 Å². The lowest BCUT2D eigenvalue weighted by atomic mass is 10.2. The molecule has 0 aliphatic heterocycles. The monoisotopic (exact) mass is 407 g/mol. The minimum atomic E-state index is -3.98. The van der Waals surface area contributed by atoms with E-state index in [1.165, 1.54) is 36.4 Å².